The van der Waals surface area contributed by atoms with Gasteiger partial charge in [0, 0.05) is 22.9 Å². The Hall–Kier alpha value is -3.27. The van der Waals surface area contributed by atoms with Crippen LogP contribution in [-0.4, -0.2) is 5.78 Å². The van der Waals surface area contributed by atoms with E-state index >= 15 is 0 Å². The van der Waals surface area contributed by atoms with E-state index in [2.05, 4.69) is 0 Å². The highest BCUT2D eigenvalue weighted by Gasteiger charge is 2.19. The fourth-order valence-corrected chi connectivity index (χ4v) is 2.86. The molecule has 116 valence electrons. The number of benzene rings is 2. The molecular formula is C20H14NO3+. The highest BCUT2D eigenvalue weighted by Crippen LogP contribution is 2.13. The number of Topliss-reactive ketones (excluding diaryl/α,β-unsaturated/α-hetero) is 1. The number of hydrogen-bond donors (Lipinski definition) is 0. The van der Waals surface area contributed by atoms with E-state index in [1.807, 2.05) is 59.3 Å². The van der Waals surface area contributed by atoms with Crippen molar-refractivity contribution >= 4 is 27.7 Å². The van der Waals surface area contributed by atoms with E-state index in [4.69, 9.17) is 4.42 Å². The van der Waals surface area contributed by atoms with Gasteiger partial charge in [-0.05, 0) is 24.3 Å². The van der Waals surface area contributed by atoms with Gasteiger partial charge in [0.2, 0.25) is 17.8 Å². The first-order valence-corrected chi connectivity index (χ1v) is 7.66. The Kier molecular flexibility index (Phi) is 3.43. The summed E-state index contributed by atoms with van der Waals surface area (Å²) >= 11 is 0. The van der Waals surface area contributed by atoms with Gasteiger partial charge in [0.1, 0.15) is 11.1 Å². The molecule has 0 unspecified atom stereocenters. The van der Waals surface area contributed by atoms with Crippen LogP contribution >= 0.6 is 0 Å². The van der Waals surface area contributed by atoms with Crippen LogP contribution in [0.4, 0.5) is 0 Å². The normalized spacial score (nSPS) is 11.0. The average Bonchev–Trinajstić information content (AvgIpc) is 2.61. The Balaban J connectivity index is 1.76. The molecule has 0 saturated carbocycles. The summed E-state index contributed by atoms with van der Waals surface area (Å²) < 4.78 is 7.09. The van der Waals surface area contributed by atoms with Gasteiger partial charge in [-0.15, -0.1) is 0 Å². The summed E-state index contributed by atoms with van der Waals surface area (Å²) in [4.78, 5) is 24.8. The number of rotatable bonds is 3. The fourth-order valence-electron chi connectivity index (χ4n) is 2.86. The summed E-state index contributed by atoms with van der Waals surface area (Å²) in [6.45, 7) is 0.0878. The monoisotopic (exact) mass is 316 g/mol. The average molecular weight is 316 g/mol. The summed E-state index contributed by atoms with van der Waals surface area (Å²) in [6.07, 6.45) is 1.84. The van der Waals surface area contributed by atoms with Crippen molar-refractivity contribution in [2.24, 2.45) is 0 Å². The lowest BCUT2D eigenvalue weighted by Crippen LogP contribution is -2.39. The van der Waals surface area contributed by atoms with Crippen molar-refractivity contribution in [3.8, 4) is 0 Å². The third kappa shape index (κ3) is 2.48. The number of aromatic nitrogens is 1. The maximum Gasteiger partial charge on any atom is 0.347 e. The van der Waals surface area contributed by atoms with Crippen molar-refractivity contribution in [3.63, 3.8) is 0 Å². The molecular weight excluding hydrogens is 302 g/mol. The van der Waals surface area contributed by atoms with E-state index in [0.29, 0.717) is 5.58 Å². The molecule has 2 aromatic carbocycles. The lowest BCUT2D eigenvalue weighted by molar-refractivity contribution is -0.657. The van der Waals surface area contributed by atoms with Gasteiger partial charge >= 0.3 is 5.63 Å². The van der Waals surface area contributed by atoms with E-state index in [-0.39, 0.29) is 17.9 Å². The Morgan fingerprint density at radius 1 is 0.917 bits per heavy atom. The van der Waals surface area contributed by atoms with E-state index in [9.17, 15) is 9.59 Å². The Morgan fingerprint density at radius 3 is 2.50 bits per heavy atom. The molecule has 0 N–H and O–H groups in total. The molecule has 2 heterocycles. The molecule has 0 saturated heterocycles. The van der Waals surface area contributed by atoms with Crippen molar-refractivity contribution in [3.05, 3.63) is 88.9 Å². The largest absolute Gasteiger partial charge is 0.422 e. The second-order valence-corrected chi connectivity index (χ2v) is 5.60. The molecule has 0 atom stereocenters. The first-order chi connectivity index (χ1) is 11.7. The first kappa shape index (κ1) is 14.3. The summed E-state index contributed by atoms with van der Waals surface area (Å²) in [5.41, 5.74) is 0.907. The summed E-state index contributed by atoms with van der Waals surface area (Å²) in [7, 11) is 0. The van der Waals surface area contributed by atoms with Crippen LogP contribution in [0.5, 0.6) is 0 Å². The molecule has 4 aromatic rings. The van der Waals surface area contributed by atoms with E-state index in [1.54, 1.807) is 18.2 Å². The molecule has 0 bridgehead atoms. The summed E-state index contributed by atoms with van der Waals surface area (Å²) in [5.74, 6) is -0.268. The molecule has 0 fully saturated rings. The minimum Gasteiger partial charge on any atom is -0.422 e. The lowest BCUT2D eigenvalue weighted by Gasteiger charge is -2.02. The van der Waals surface area contributed by atoms with Crippen LogP contribution in [-0.2, 0) is 6.54 Å². The predicted molar refractivity (Wildman–Crippen MR) is 91.0 cm³/mol. The SMILES string of the molecule is O=C(C[n+]1cccc2ccccc21)c1cc2ccccc2oc1=O. The number of para-hydroxylation sites is 2. The van der Waals surface area contributed by atoms with Crippen molar-refractivity contribution in [2.45, 2.75) is 6.54 Å². The van der Waals surface area contributed by atoms with Gasteiger partial charge in [-0.2, -0.15) is 4.57 Å². The molecule has 0 aliphatic carbocycles. The maximum atomic E-state index is 12.6. The number of pyridine rings is 1. The quantitative estimate of drug-likeness (QED) is 0.331. The Morgan fingerprint density at radius 2 is 1.62 bits per heavy atom. The zero-order valence-corrected chi connectivity index (χ0v) is 12.8. The van der Waals surface area contributed by atoms with E-state index in [0.717, 1.165) is 16.3 Å². The standard InChI is InChI=1S/C20H14NO3/c22-18(13-21-11-5-8-14-6-1-3-9-17(14)21)16-12-15-7-2-4-10-19(15)24-20(16)23/h1-12H,13H2/q+1. The molecule has 0 aliphatic heterocycles. The van der Waals surface area contributed by atoms with Gasteiger partial charge in [0.25, 0.3) is 0 Å². The van der Waals surface area contributed by atoms with Gasteiger partial charge in [-0.1, -0.05) is 30.3 Å². The molecule has 0 amide bonds. The minimum atomic E-state index is -0.598. The smallest absolute Gasteiger partial charge is 0.347 e. The fraction of sp³-hybridized carbons (Fsp3) is 0.0500. The predicted octanol–water partition coefficient (Wildman–Crippen LogP) is 3.12. The summed E-state index contributed by atoms with van der Waals surface area (Å²) in [5, 5.41) is 1.78. The molecule has 24 heavy (non-hydrogen) atoms. The molecule has 2 aromatic heterocycles. The second kappa shape index (κ2) is 5.74. The van der Waals surface area contributed by atoms with Crippen molar-refractivity contribution in [1.29, 1.82) is 0 Å². The van der Waals surface area contributed by atoms with Crippen LogP contribution in [0, 0.1) is 0 Å². The molecule has 4 heteroatoms. The van der Waals surface area contributed by atoms with Gasteiger partial charge in [0.05, 0.1) is 0 Å². The molecule has 4 nitrogen and oxygen atoms in total. The van der Waals surface area contributed by atoms with Gasteiger partial charge < -0.3 is 4.42 Å². The third-order valence-electron chi connectivity index (χ3n) is 4.04. The van der Waals surface area contributed by atoms with E-state index < -0.39 is 5.63 Å². The number of nitrogens with zero attached hydrogens (tertiary/aromatic N) is 1. The van der Waals surface area contributed by atoms with Crippen molar-refractivity contribution < 1.29 is 13.8 Å². The van der Waals surface area contributed by atoms with Gasteiger partial charge in [-0.3, -0.25) is 4.79 Å². The highest BCUT2D eigenvalue weighted by molar-refractivity contribution is 5.97. The van der Waals surface area contributed by atoms with Crippen LogP contribution in [0.25, 0.3) is 21.9 Å². The minimum absolute atomic E-state index is 0.0779. The Bertz CT molecular complexity index is 1120. The topological polar surface area (TPSA) is 51.2 Å². The third-order valence-corrected chi connectivity index (χ3v) is 4.04. The van der Waals surface area contributed by atoms with Crippen LogP contribution < -0.4 is 10.2 Å². The molecule has 0 aliphatic rings. The second-order valence-electron chi connectivity index (χ2n) is 5.60. The zero-order valence-electron chi connectivity index (χ0n) is 12.8. The highest BCUT2D eigenvalue weighted by atomic mass is 16.4. The number of carbonyl (C=O) groups is 1. The van der Waals surface area contributed by atoms with Crippen LogP contribution in [0.15, 0.2) is 82.1 Å². The molecule has 4 rings (SSSR count). The van der Waals surface area contributed by atoms with E-state index in [1.165, 1.54) is 0 Å². The number of carbonyl (C=O) groups excluding carboxylic acids is 1. The van der Waals surface area contributed by atoms with Crippen LogP contribution in [0.3, 0.4) is 0 Å². The maximum absolute atomic E-state index is 12.6. The molecule has 0 spiro atoms. The van der Waals surface area contributed by atoms with Crippen LogP contribution in [0.1, 0.15) is 10.4 Å². The number of hydrogen-bond acceptors (Lipinski definition) is 3. The zero-order chi connectivity index (χ0) is 16.5. The van der Waals surface area contributed by atoms with Gasteiger partial charge in [0.15, 0.2) is 6.20 Å². The summed E-state index contributed by atoms with van der Waals surface area (Å²) in [6, 6.07) is 20.5. The lowest BCUT2D eigenvalue weighted by atomic mass is 10.1. The van der Waals surface area contributed by atoms with Crippen LogP contribution in [0.2, 0.25) is 0 Å². The molecule has 0 radical (unpaired) electrons. The number of ketones is 1. The Labute approximate surface area is 137 Å². The van der Waals surface area contributed by atoms with Crippen molar-refractivity contribution in [2.75, 3.05) is 0 Å². The number of fused-ring (bicyclic) bond motifs is 2. The van der Waals surface area contributed by atoms with Gasteiger partial charge in [-0.25, -0.2) is 4.79 Å². The first-order valence-electron chi connectivity index (χ1n) is 7.66. The van der Waals surface area contributed by atoms with Crippen molar-refractivity contribution in [1.82, 2.24) is 0 Å².